The molecule has 0 unspecified atom stereocenters. The van der Waals surface area contributed by atoms with Gasteiger partial charge in [-0.3, -0.25) is 14.4 Å². The highest BCUT2D eigenvalue weighted by molar-refractivity contribution is 6.38. The predicted octanol–water partition coefficient (Wildman–Crippen LogP) is 6.52. The number of carbonyl (C=O) groups excluding carboxylic acids is 3. The molecule has 0 aliphatic carbocycles. The summed E-state index contributed by atoms with van der Waals surface area (Å²) in [6.45, 7) is 4.02. The molecule has 0 saturated heterocycles. The molecule has 1 aliphatic rings. The molecule has 2 heterocycles. The largest absolute Gasteiger partial charge is 0.487 e. The van der Waals surface area contributed by atoms with Crippen LogP contribution in [0, 0.1) is 6.92 Å². The van der Waals surface area contributed by atoms with Crippen molar-refractivity contribution in [3.8, 4) is 5.75 Å². The molecule has 1 aliphatic heterocycles. The number of aryl methyl sites for hydroxylation is 2. The van der Waals surface area contributed by atoms with Gasteiger partial charge in [0.2, 0.25) is 17.7 Å². The van der Waals surface area contributed by atoms with E-state index >= 15 is 0 Å². The maximum absolute atomic E-state index is 13.0. The van der Waals surface area contributed by atoms with Crippen LogP contribution in [0.15, 0.2) is 66.7 Å². The molecule has 1 N–H and O–H groups in total. The summed E-state index contributed by atoms with van der Waals surface area (Å²) in [5.74, 6) is -0.168. The average Bonchev–Trinajstić information content (AvgIpc) is 3.01. The summed E-state index contributed by atoms with van der Waals surface area (Å²) in [5.41, 5.74) is 5.39. The van der Waals surface area contributed by atoms with Crippen LogP contribution in [0.2, 0.25) is 10.0 Å². The number of likely N-dealkylation sites (N-methyl/N-ethyl adjacent to an activating group) is 1. The number of benzene rings is 3. The quantitative estimate of drug-likeness (QED) is 0.224. The third-order valence-electron chi connectivity index (χ3n) is 7.54. The normalized spacial score (nSPS) is 12.7. The van der Waals surface area contributed by atoms with Gasteiger partial charge in [-0.25, -0.2) is 4.98 Å². The second-order valence-electron chi connectivity index (χ2n) is 10.6. The molecule has 1 aromatic heterocycles. The minimum atomic E-state index is -0.412. The summed E-state index contributed by atoms with van der Waals surface area (Å²) < 4.78 is 6.09. The Balaban J connectivity index is 1.21. The minimum Gasteiger partial charge on any atom is -0.487 e. The van der Waals surface area contributed by atoms with Crippen LogP contribution in [0.3, 0.4) is 0 Å². The van der Waals surface area contributed by atoms with Crippen molar-refractivity contribution in [1.29, 1.82) is 0 Å². The second kappa shape index (κ2) is 13.5. The van der Waals surface area contributed by atoms with Crippen molar-refractivity contribution in [3.63, 3.8) is 0 Å². The zero-order valence-corrected chi connectivity index (χ0v) is 26.2. The number of halogens is 2. The van der Waals surface area contributed by atoms with Gasteiger partial charge < -0.3 is 19.9 Å². The Morgan fingerprint density at radius 1 is 1.09 bits per heavy atom. The number of aromatic nitrogens is 1. The number of fused-ring (bicyclic) bond motifs is 2. The molecule has 0 radical (unpaired) electrons. The molecule has 3 amide bonds. The number of nitrogens with one attached hydrogen (secondary N) is 1. The standard InChI is InChI=1S/C34H32Cl2N4O4/c1-21-9-12-24-6-4-8-30(34(24)38-21)44-20-26-27(35)13-15-29(33(26)36)39(3)32(43)19-37-31(42)16-11-23-10-14-28-25(18-23)7-5-17-40(28)22(2)41/h4,6,8-16,18H,5,7,17,19-20H2,1-3H3,(H,37,42)/b16-11+. The molecule has 0 bridgehead atoms. The topological polar surface area (TPSA) is 91.8 Å². The summed E-state index contributed by atoms with van der Waals surface area (Å²) in [6, 6.07) is 18.7. The van der Waals surface area contributed by atoms with Gasteiger partial charge in [-0.2, -0.15) is 0 Å². The minimum absolute atomic E-state index is 0.0150. The fourth-order valence-corrected chi connectivity index (χ4v) is 5.76. The van der Waals surface area contributed by atoms with E-state index in [0.717, 1.165) is 46.3 Å². The predicted molar refractivity (Wildman–Crippen MR) is 176 cm³/mol. The Labute approximate surface area is 266 Å². The molecule has 5 rings (SSSR count). The van der Waals surface area contributed by atoms with E-state index in [1.807, 2.05) is 55.5 Å². The number of hydrogen-bond acceptors (Lipinski definition) is 5. The van der Waals surface area contributed by atoms with Gasteiger partial charge in [0.15, 0.2) is 0 Å². The van der Waals surface area contributed by atoms with Crippen molar-refractivity contribution in [1.82, 2.24) is 10.3 Å². The van der Waals surface area contributed by atoms with Crippen molar-refractivity contribution < 1.29 is 19.1 Å². The summed E-state index contributed by atoms with van der Waals surface area (Å²) in [5, 5.41) is 4.26. The molecule has 226 valence electrons. The van der Waals surface area contributed by atoms with Gasteiger partial charge in [0.05, 0.1) is 17.3 Å². The average molecular weight is 632 g/mol. The Kier molecular flexibility index (Phi) is 9.52. The molecule has 44 heavy (non-hydrogen) atoms. The fourth-order valence-electron chi connectivity index (χ4n) is 5.15. The Hall–Kier alpha value is -4.40. The number of nitrogens with zero attached hydrogens (tertiary/aromatic N) is 3. The van der Waals surface area contributed by atoms with Gasteiger partial charge in [0.1, 0.15) is 17.9 Å². The number of hydrogen-bond donors (Lipinski definition) is 1. The molecular formula is C34H32Cl2N4O4. The van der Waals surface area contributed by atoms with Crippen molar-refractivity contribution in [2.75, 3.05) is 29.9 Å². The third kappa shape index (κ3) is 6.87. The van der Waals surface area contributed by atoms with E-state index in [4.69, 9.17) is 27.9 Å². The van der Waals surface area contributed by atoms with E-state index in [1.54, 1.807) is 37.1 Å². The van der Waals surface area contributed by atoms with Crippen molar-refractivity contribution in [2.45, 2.75) is 33.3 Å². The van der Waals surface area contributed by atoms with Gasteiger partial charge in [0, 0.05) is 53.9 Å². The first-order chi connectivity index (χ1) is 21.1. The van der Waals surface area contributed by atoms with Crippen LogP contribution in [-0.4, -0.2) is 42.8 Å². The van der Waals surface area contributed by atoms with Crippen LogP contribution in [0.1, 0.15) is 35.7 Å². The summed E-state index contributed by atoms with van der Waals surface area (Å²) in [4.78, 5) is 45.2. The monoisotopic (exact) mass is 630 g/mol. The number of pyridine rings is 1. The molecule has 0 fully saturated rings. The molecule has 3 aromatic carbocycles. The number of amides is 3. The van der Waals surface area contributed by atoms with Gasteiger partial charge in [-0.05, 0) is 73.4 Å². The summed E-state index contributed by atoms with van der Waals surface area (Å²) in [6.07, 6.45) is 4.83. The molecule has 4 aromatic rings. The zero-order chi connectivity index (χ0) is 31.4. The van der Waals surface area contributed by atoms with Crippen molar-refractivity contribution >= 4 is 69.3 Å². The fraction of sp³-hybridized carbons (Fsp3) is 0.235. The van der Waals surface area contributed by atoms with Gasteiger partial charge in [0.25, 0.3) is 0 Å². The molecule has 0 saturated carbocycles. The lowest BCUT2D eigenvalue weighted by atomic mass is 9.99. The van der Waals surface area contributed by atoms with E-state index in [0.29, 0.717) is 28.6 Å². The number of anilines is 2. The van der Waals surface area contributed by atoms with E-state index in [9.17, 15) is 14.4 Å². The zero-order valence-electron chi connectivity index (χ0n) is 24.7. The van der Waals surface area contributed by atoms with Crippen LogP contribution in [0.4, 0.5) is 11.4 Å². The number of para-hydroxylation sites is 1. The molecular weight excluding hydrogens is 599 g/mol. The molecule has 10 heteroatoms. The Bertz CT molecular complexity index is 1790. The summed E-state index contributed by atoms with van der Waals surface area (Å²) >= 11 is 13.2. The molecule has 0 spiro atoms. The third-order valence-corrected chi connectivity index (χ3v) is 8.31. The first-order valence-corrected chi connectivity index (χ1v) is 15.0. The lowest BCUT2D eigenvalue weighted by Crippen LogP contribution is -2.37. The smallest absolute Gasteiger partial charge is 0.246 e. The van der Waals surface area contributed by atoms with Gasteiger partial charge >= 0.3 is 0 Å². The lowest BCUT2D eigenvalue weighted by molar-refractivity contribution is -0.122. The van der Waals surface area contributed by atoms with Crippen LogP contribution in [-0.2, 0) is 27.4 Å². The maximum atomic E-state index is 13.0. The van der Waals surface area contributed by atoms with Gasteiger partial charge in [-0.15, -0.1) is 0 Å². The van der Waals surface area contributed by atoms with Crippen LogP contribution in [0.25, 0.3) is 17.0 Å². The first-order valence-electron chi connectivity index (χ1n) is 14.2. The van der Waals surface area contributed by atoms with Gasteiger partial charge in [-0.1, -0.05) is 47.5 Å². The molecule has 8 nitrogen and oxygen atoms in total. The SMILES string of the molecule is CC(=O)N1CCCc2cc(/C=C/C(=O)NCC(=O)N(C)c3ccc(Cl)c(COc4cccc5ccc(C)nc45)c3Cl)ccc21. The number of carbonyl (C=O) groups is 3. The van der Waals surface area contributed by atoms with E-state index < -0.39 is 5.91 Å². The van der Waals surface area contributed by atoms with E-state index in [1.165, 1.54) is 11.0 Å². The van der Waals surface area contributed by atoms with Crippen molar-refractivity contribution in [2.24, 2.45) is 0 Å². The highest BCUT2D eigenvalue weighted by Crippen LogP contribution is 2.35. The van der Waals surface area contributed by atoms with Crippen LogP contribution >= 0.6 is 23.2 Å². The van der Waals surface area contributed by atoms with Crippen LogP contribution < -0.4 is 19.9 Å². The molecule has 0 atom stereocenters. The number of ether oxygens (including phenoxy) is 1. The maximum Gasteiger partial charge on any atom is 0.246 e. The number of rotatable bonds is 8. The highest BCUT2D eigenvalue weighted by atomic mass is 35.5. The Morgan fingerprint density at radius 2 is 1.91 bits per heavy atom. The van der Waals surface area contributed by atoms with E-state index in [-0.39, 0.29) is 30.0 Å². The Morgan fingerprint density at radius 3 is 2.70 bits per heavy atom. The van der Waals surface area contributed by atoms with E-state index in [2.05, 4.69) is 10.3 Å². The van der Waals surface area contributed by atoms with Crippen LogP contribution in [0.5, 0.6) is 5.75 Å². The lowest BCUT2D eigenvalue weighted by Gasteiger charge is -2.28. The summed E-state index contributed by atoms with van der Waals surface area (Å²) in [7, 11) is 1.58. The second-order valence-corrected chi connectivity index (χ2v) is 11.4. The highest BCUT2D eigenvalue weighted by Gasteiger charge is 2.21. The first kappa shape index (κ1) is 31.0. The van der Waals surface area contributed by atoms with Crippen molar-refractivity contribution in [3.05, 3.63) is 99.2 Å².